The van der Waals surface area contributed by atoms with Crippen LogP contribution in [0.25, 0.3) is 33.3 Å². The van der Waals surface area contributed by atoms with E-state index in [9.17, 15) is 4.79 Å². The van der Waals surface area contributed by atoms with Gasteiger partial charge in [-0.2, -0.15) is 0 Å². The first kappa shape index (κ1) is 27.8. The van der Waals surface area contributed by atoms with Crippen molar-refractivity contribution in [1.29, 1.82) is 0 Å². The van der Waals surface area contributed by atoms with Crippen molar-refractivity contribution in [3.8, 4) is 22.4 Å². The number of carbonyl (C=O) groups excluding carboxylic acids is 1. The second kappa shape index (κ2) is 12.0. The number of hydrogen-bond acceptors (Lipinski definition) is 6. The quantitative estimate of drug-likeness (QED) is 0.197. The molecule has 6 bridgehead atoms. The Morgan fingerprint density at radius 2 is 1.76 bits per heavy atom. The predicted molar refractivity (Wildman–Crippen MR) is 180 cm³/mol. The van der Waals surface area contributed by atoms with Crippen LogP contribution in [0.15, 0.2) is 122 Å². The molecule has 0 saturated carbocycles. The molecule has 0 fully saturated rings. The third-order valence-corrected chi connectivity index (χ3v) is 8.52. The van der Waals surface area contributed by atoms with E-state index in [1.54, 1.807) is 6.20 Å². The molecule has 0 spiro atoms. The normalized spacial score (nSPS) is 14.6. The molecular formula is C38H31N5O3. The van der Waals surface area contributed by atoms with Gasteiger partial charge in [-0.1, -0.05) is 72.8 Å². The number of carbonyl (C=O) groups is 1. The molecule has 2 aliphatic rings. The maximum Gasteiger partial charge on any atom is 0.411 e. The Balaban J connectivity index is 1.04. The average molecular weight is 606 g/mol. The van der Waals surface area contributed by atoms with E-state index < -0.39 is 6.09 Å². The Bertz CT molecular complexity index is 2070. The Labute approximate surface area is 266 Å². The van der Waals surface area contributed by atoms with Crippen molar-refractivity contribution in [1.82, 2.24) is 14.5 Å². The fraction of sp³-hybridized carbons (Fsp3) is 0.132. The third kappa shape index (κ3) is 5.50. The highest BCUT2D eigenvalue weighted by Gasteiger charge is 2.29. The zero-order valence-corrected chi connectivity index (χ0v) is 25.0. The number of nitrogens with zero attached hydrogens (tertiary/aromatic N) is 3. The molecule has 2 aromatic heterocycles. The summed E-state index contributed by atoms with van der Waals surface area (Å²) in [6.07, 6.45) is 7.45. The summed E-state index contributed by atoms with van der Waals surface area (Å²) in [5, 5.41) is 7.42. The minimum atomic E-state index is -0.523. The van der Waals surface area contributed by atoms with Crippen molar-refractivity contribution in [3.63, 3.8) is 0 Å². The van der Waals surface area contributed by atoms with Crippen LogP contribution in [0.1, 0.15) is 22.6 Å². The van der Waals surface area contributed by atoms with Crippen molar-refractivity contribution in [2.45, 2.75) is 19.1 Å². The van der Waals surface area contributed by atoms with Crippen LogP contribution in [0.5, 0.6) is 0 Å². The molecule has 4 aromatic carbocycles. The molecule has 0 atom stereocenters. The monoisotopic (exact) mass is 605 g/mol. The Hall–Kier alpha value is -5.73. The van der Waals surface area contributed by atoms with Gasteiger partial charge >= 0.3 is 6.09 Å². The van der Waals surface area contributed by atoms with Crippen molar-refractivity contribution in [2.75, 3.05) is 23.8 Å². The number of amides is 1. The fourth-order valence-corrected chi connectivity index (χ4v) is 6.38. The van der Waals surface area contributed by atoms with Gasteiger partial charge < -0.3 is 19.4 Å². The number of allylic oxidation sites excluding steroid dienone is 1. The van der Waals surface area contributed by atoms with Crippen LogP contribution in [0.4, 0.5) is 22.1 Å². The first-order chi connectivity index (χ1) is 22.7. The van der Waals surface area contributed by atoms with Gasteiger partial charge in [-0.25, -0.2) is 14.8 Å². The van der Waals surface area contributed by atoms with Crippen LogP contribution in [0.3, 0.4) is 0 Å². The van der Waals surface area contributed by atoms with Crippen LogP contribution < -0.4 is 10.6 Å². The van der Waals surface area contributed by atoms with E-state index in [0.29, 0.717) is 24.8 Å². The van der Waals surface area contributed by atoms with E-state index in [2.05, 4.69) is 81.0 Å². The largest absolute Gasteiger partial charge is 0.448 e. The Kier molecular flexibility index (Phi) is 7.24. The number of ether oxygens (including phenoxy) is 2. The summed E-state index contributed by atoms with van der Waals surface area (Å²) in [6, 6.07) is 32.7. The smallest absolute Gasteiger partial charge is 0.411 e. The zero-order chi connectivity index (χ0) is 30.9. The highest BCUT2D eigenvalue weighted by atomic mass is 16.5. The van der Waals surface area contributed by atoms with Crippen LogP contribution in [-0.2, 0) is 22.6 Å². The van der Waals surface area contributed by atoms with Gasteiger partial charge in [0.05, 0.1) is 18.9 Å². The Morgan fingerprint density at radius 1 is 0.935 bits per heavy atom. The molecule has 0 unspecified atom stereocenters. The van der Waals surface area contributed by atoms with Gasteiger partial charge in [0.15, 0.2) is 0 Å². The van der Waals surface area contributed by atoms with E-state index in [1.807, 2.05) is 54.6 Å². The molecule has 1 aliphatic heterocycles. The fourth-order valence-electron chi connectivity index (χ4n) is 6.38. The van der Waals surface area contributed by atoms with Gasteiger partial charge in [0.25, 0.3) is 0 Å². The van der Waals surface area contributed by atoms with Crippen LogP contribution in [-0.4, -0.2) is 33.8 Å². The van der Waals surface area contributed by atoms with Crippen molar-refractivity contribution >= 4 is 34.3 Å². The molecule has 226 valence electrons. The molecule has 0 saturated heterocycles. The summed E-state index contributed by atoms with van der Waals surface area (Å²) in [7, 11) is 0. The second-order valence-electron chi connectivity index (χ2n) is 11.5. The predicted octanol–water partition coefficient (Wildman–Crippen LogP) is 8.29. The van der Waals surface area contributed by atoms with Crippen molar-refractivity contribution in [3.05, 3.63) is 138 Å². The van der Waals surface area contributed by atoms with Gasteiger partial charge in [0, 0.05) is 47.3 Å². The van der Waals surface area contributed by atoms with Crippen molar-refractivity contribution in [2.24, 2.45) is 0 Å². The first-order valence-electron chi connectivity index (χ1n) is 15.4. The molecule has 2 N–H and O–H groups in total. The van der Waals surface area contributed by atoms with Crippen LogP contribution >= 0.6 is 0 Å². The lowest BCUT2D eigenvalue weighted by Crippen LogP contribution is -2.18. The molecule has 6 aromatic rings. The number of rotatable bonds is 3. The number of fused-ring (bicyclic) bond motifs is 9. The number of nitrogens with one attached hydrogen (secondary N) is 2. The summed E-state index contributed by atoms with van der Waals surface area (Å²) < 4.78 is 14.0. The van der Waals surface area contributed by atoms with E-state index in [1.165, 1.54) is 27.6 Å². The Morgan fingerprint density at radius 3 is 2.61 bits per heavy atom. The van der Waals surface area contributed by atoms with Gasteiger partial charge in [0.2, 0.25) is 5.95 Å². The molecule has 1 aliphatic carbocycles. The summed E-state index contributed by atoms with van der Waals surface area (Å²) in [5.74, 6) is 0.428. The lowest BCUT2D eigenvalue weighted by atomic mass is 9.98. The number of anilines is 3. The number of aromatic nitrogens is 3. The van der Waals surface area contributed by atoms with Crippen molar-refractivity contribution < 1.29 is 14.3 Å². The number of hydrogen-bond donors (Lipinski definition) is 2. The molecule has 46 heavy (non-hydrogen) atoms. The molecular weight excluding hydrogens is 574 g/mol. The van der Waals surface area contributed by atoms with Gasteiger partial charge in [-0.05, 0) is 69.6 Å². The van der Waals surface area contributed by atoms with Gasteiger partial charge in [-0.3, -0.25) is 5.32 Å². The van der Waals surface area contributed by atoms with E-state index in [-0.39, 0.29) is 12.5 Å². The molecule has 3 heterocycles. The molecule has 8 heteroatoms. The highest BCUT2D eigenvalue weighted by molar-refractivity contribution is 5.87. The maximum atomic E-state index is 13.1. The topological polar surface area (TPSA) is 90.3 Å². The minimum absolute atomic E-state index is 0.0203. The molecule has 0 radical (unpaired) electrons. The molecule has 8 rings (SSSR count). The van der Waals surface area contributed by atoms with Gasteiger partial charge in [0.1, 0.15) is 6.61 Å². The third-order valence-electron chi connectivity index (χ3n) is 8.52. The summed E-state index contributed by atoms with van der Waals surface area (Å²) >= 11 is 0. The zero-order valence-electron chi connectivity index (χ0n) is 25.0. The lowest BCUT2D eigenvalue weighted by Gasteiger charge is -2.16. The van der Waals surface area contributed by atoms with E-state index >= 15 is 0 Å². The van der Waals surface area contributed by atoms with E-state index in [4.69, 9.17) is 14.5 Å². The SMILES string of the molecule is O=C(Nc1cc2cc(c1)Nc1nccc(n1)-c1ccc3ccn(c3c1)C/C=C/COC2)OCC1c2ccccc2-c2ccccc21. The minimum Gasteiger partial charge on any atom is -0.448 e. The maximum absolute atomic E-state index is 13.1. The highest BCUT2D eigenvalue weighted by Crippen LogP contribution is 2.44. The molecule has 8 nitrogen and oxygen atoms in total. The number of benzene rings is 4. The second-order valence-corrected chi connectivity index (χ2v) is 11.5. The van der Waals surface area contributed by atoms with Crippen LogP contribution in [0.2, 0.25) is 0 Å². The van der Waals surface area contributed by atoms with Crippen LogP contribution in [0, 0.1) is 0 Å². The lowest BCUT2D eigenvalue weighted by molar-refractivity contribution is 0.148. The van der Waals surface area contributed by atoms with E-state index in [0.717, 1.165) is 34.6 Å². The first-order valence-corrected chi connectivity index (χ1v) is 15.4. The standard InChI is InChI=1S/C38H31N5O3/c44-38(46-24-34-32-9-3-1-7-30(32)31-8-2-4-10-33(31)34)41-29-20-25-19-28(22-29)40-37-39-15-13-35(42-37)27-12-11-26-14-17-43(36(26)21-27)16-5-6-18-45-23-25/h1-15,17,19-22,34H,16,18,23-24H2,(H,41,44)(H,39,40,42)/b6-5+. The average Bonchev–Trinajstić information content (AvgIpc) is 3.63. The molecule has 1 amide bonds. The van der Waals surface area contributed by atoms with Gasteiger partial charge in [-0.15, -0.1) is 0 Å². The summed E-state index contributed by atoms with van der Waals surface area (Å²) in [5.41, 5.74) is 9.84. The summed E-state index contributed by atoms with van der Waals surface area (Å²) in [6.45, 7) is 1.78. The summed E-state index contributed by atoms with van der Waals surface area (Å²) in [4.78, 5) is 22.4.